The van der Waals surface area contributed by atoms with Crippen molar-refractivity contribution in [1.82, 2.24) is 4.57 Å². The predicted molar refractivity (Wildman–Crippen MR) is 88.5 cm³/mol. The van der Waals surface area contributed by atoms with E-state index in [1.54, 1.807) is 24.3 Å². The van der Waals surface area contributed by atoms with Crippen LogP contribution < -0.4 is 10.9 Å². The number of nitrogens with zero attached hydrogens (tertiary/aromatic N) is 1. The lowest BCUT2D eigenvalue weighted by Crippen LogP contribution is -2.29. The SMILES string of the molecule is O=C(Cn1cc(C(F)(F)F)cc(Cl)c1=O)Nc1ccc(I)cc1. The van der Waals surface area contributed by atoms with Gasteiger partial charge in [-0.2, -0.15) is 13.2 Å². The molecule has 1 amide bonds. The third-order valence-electron chi connectivity index (χ3n) is 2.81. The second kappa shape index (κ2) is 6.91. The van der Waals surface area contributed by atoms with Gasteiger partial charge in [0.05, 0.1) is 5.56 Å². The van der Waals surface area contributed by atoms with Crippen LogP contribution in [0.1, 0.15) is 5.56 Å². The van der Waals surface area contributed by atoms with Gasteiger partial charge in [-0.05, 0) is 52.9 Å². The van der Waals surface area contributed by atoms with Gasteiger partial charge in [0.2, 0.25) is 5.91 Å². The first-order valence-electron chi connectivity index (χ1n) is 6.19. The molecule has 0 radical (unpaired) electrons. The van der Waals surface area contributed by atoms with Gasteiger partial charge in [-0.15, -0.1) is 0 Å². The smallest absolute Gasteiger partial charge is 0.325 e. The fourth-order valence-electron chi connectivity index (χ4n) is 1.76. The number of carbonyl (C=O) groups excluding carboxylic acids is 1. The normalized spacial score (nSPS) is 11.3. The molecular formula is C14H9ClF3IN2O2. The molecule has 1 N–H and O–H groups in total. The van der Waals surface area contributed by atoms with Crippen molar-refractivity contribution in [2.45, 2.75) is 12.7 Å². The summed E-state index contributed by atoms with van der Waals surface area (Å²) in [5.41, 5.74) is -1.48. The van der Waals surface area contributed by atoms with Gasteiger partial charge in [-0.1, -0.05) is 11.6 Å². The van der Waals surface area contributed by atoms with Gasteiger partial charge in [0.15, 0.2) is 0 Å². The molecule has 0 saturated heterocycles. The molecule has 0 spiro atoms. The summed E-state index contributed by atoms with van der Waals surface area (Å²) in [5, 5.41) is 1.90. The molecule has 122 valence electrons. The van der Waals surface area contributed by atoms with Gasteiger partial charge in [-0.25, -0.2) is 0 Å². The van der Waals surface area contributed by atoms with Crippen LogP contribution in [0.25, 0.3) is 0 Å². The molecule has 0 aliphatic rings. The monoisotopic (exact) mass is 456 g/mol. The Hall–Kier alpha value is -1.55. The number of nitrogens with one attached hydrogen (secondary N) is 1. The Morgan fingerprint density at radius 3 is 2.43 bits per heavy atom. The number of carbonyl (C=O) groups is 1. The maximum Gasteiger partial charge on any atom is 0.417 e. The second-order valence-corrected chi connectivity index (χ2v) is 6.22. The van der Waals surface area contributed by atoms with Crippen molar-refractivity contribution in [1.29, 1.82) is 0 Å². The van der Waals surface area contributed by atoms with Crippen molar-refractivity contribution >= 4 is 45.8 Å². The summed E-state index contributed by atoms with van der Waals surface area (Å²) < 4.78 is 39.8. The Kier molecular flexibility index (Phi) is 5.35. The lowest BCUT2D eigenvalue weighted by molar-refractivity contribution is -0.138. The molecule has 1 aromatic carbocycles. The fraction of sp³-hybridized carbons (Fsp3) is 0.143. The summed E-state index contributed by atoms with van der Waals surface area (Å²) in [6.45, 7) is -0.575. The van der Waals surface area contributed by atoms with Gasteiger partial charge in [-0.3, -0.25) is 9.59 Å². The number of pyridine rings is 1. The van der Waals surface area contributed by atoms with E-state index in [1.165, 1.54) is 0 Å². The fourth-order valence-corrected chi connectivity index (χ4v) is 2.35. The Bertz CT molecular complexity index is 788. The van der Waals surface area contributed by atoms with E-state index in [0.717, 1.165) is 3.57 Å². The average molecular weight is 457 g/mol. The summed E-state index contributed by atoms with van der Waals surface area (Å²) in [7, 11) is 0. The summed E-state index contributed by atoms with van der Waals surface area (Å²) in [4.78, 5) is 23.7. The molecule has 23 heavy (non-hydrogen) atoms. The molecule has 2 rings (SSSR count). The molecule has 0 bridgehead atoms. The van der Waals surface area contributed by atoms with E-state index < -0.39 is 34.8 Å². The highest BCUT2D eigenvalue weighted by molar-refractivity contribution is 14.1. The molecule has 9 heteroatoms. The molecule has 0 fully saturated rings. The molecule has 4 nitrogen and oxygen atoms in total. The highest BCUT2D eigenvalue weighted by atomic mass is 127. The minimum Gasteiger partial charge on any atom is -0.325 e. The first kappa shape index (κ1) is 17.8. The van der Waals surface area contributed by atoms with Crippen LogP contribution in [0.15, 0.2) is 41.3 Å². The Balaban J connectivity index is 2.22. The van der Waals surface area contributed by atoms with Gasteiger partial charge in [0.1, 0.15) is 11.6 Å². The number of rotatable bonds is 3. The topological polar surface area (TPSA) is 51.1 Å². The summed E-state index contributed by atoms with van der Waals surface area (Å²) >= 11 is 7.61. The quantitative estimate of drug-likeness (QED) is 0.715. The second-order valence-electron chi connectivity index (χ2n) is 4.56. The molecule has 0 unspecified atom stereocenters. The van der Waals surface area contributed by atoms with Crippen molar-refractivity contribution in [3.8, 4) is 0 Å². The van der Waals surface area contributed by atoms with Crippen molar-refractivity contribution < 1.29 is 18.0 Å². The zero-order valence-corrected chi connectivity index (χ0v) is 14.2. The predicted octanol–water partition coefficient (Wildman–Crippen LogP) is 3.76. The van der Waals surface area contributed by atoms with Crippen molar-refractivity contribution in [2.24, 2.45) is 0 Å². The molecule has 1 heterocycles. The highest BCUT2D eigenvalue weighted by Crippen LogP contribution is 2.29. The van der Waals surface area contributed by atoms with Crippen LogP contribution in [0.2, 0.25) is 5.02 Å². The molecule has 0 aliphatic heterocycles. The summed E-state index contributed by atoms with van der Waals surface area (Å²) in [6.07, 6.45) is -4.09. The van der Waals surface area contributed by atoms with Crippen molar-refractivity contribution in [3.63, 3.8) is 0 Å². The van der Waals surface area contributed by atoms with Crippen LogP contribution in [0.3, 0.4) is 0 Å². The standard InChI is InChI=1S/C14H9ClF3IN2O2/c15-11-5-8(14(16,17)18)6-21(13(11)23)7-12(22)20-10-3-1-9(19)2-4-10/h1-6H,7H2,(H,20,22). The van der Waals surface area contributed by atoms with E-state index in [1.807, 2.05) is 0 Å². The van der Waals surface area contributed by atoms with Crippen LogP contribution in [0.5, 0.6) is 0 Å². The summed E-state index contributed by atoms with van der Waals surface area (Å²) in [5.74, 6) is -0.635. The zero-order chi connectivity index (χ0) is 17.2. The van der Waals surface area contributed by atoms with Crippen LogP contribution in [-0.2, 0) is 17.5 Å². The molecule has 0 saturated carbocycles. The van der Waals surface area contributed by atoms with Crippen LogP contribution in [0, 0.1) is 3.57 Å². The largest absolute Gasteiger partial charge is 0.417 e. The maximum atomic E-state index is 12.7. The minimum absolute atomic E-state index is 0.474. The van der Waals surface area contributed by atoms with E-state index in [2.05, 4.69) is 27.9 Å². The van der Waals surface area contributed by atoms with E-state index in [4.69, 9.17) is 11.6 Å². The Morgan fingerprint density at radius 1 is 1.26 bits per heavy atom. The number of aromatic nitrogens is 1. The first-order valence-corrected chi connectivity index (χ1v) is 7.65. The number of anilines is 1. The number of benzene rings is 1. The minimum atomic E-state index is -4.66. The average Bonchev–Trinajstić information content (AvgIpc) is 2.45. The van der Waals surface area contributed by atoms with Gasteiger partial charge in [0.25, 0.3) is 5.56 Å². The third-order valence-corrected chi connectivity index (χ3v) is 3.80. The number of halogens is 5. The van der Waals surface area contributed by atoms with Crippen molar-refractivity contribution in [3.05, 3.63) is 61.0 Å². The lowest BCUT2D eigenvalue weighted by Gasteiger charge is -2.12. The number of hydrogen-bond acceptors (Lipinski definition) is 2. The molecule has 0 aliphatic carbocycles. The van der Waals surface area contributed by atoms with Gasteiger partial charge in [0, 0.05) is 15.5 Å². The lowest BCUT2D eigenvalue weighted by atomic mass is 10.2. The van der Waals surface area contributed by atoms with Gasteiger partial charge >= 0.3 is 6.18 Å². The maximum absolute atomic E-state index is 12.7. The number of alkyl halides is 3. The van der Waals surface area contributed by atoms with Gasteiger partial charge < -0.3 is 9.88 Å². The molecule has 2 aromatic rings. The van der Waals surface area contributed by atoms with E-state index >= 15 is 0 Å². The molecular weight excluding hydrogens is 448 g/mol. The summed E-state index contributed by atoms with van der Waals surface area (Å²) in [6, 6.07) is 7.33. The van der Waals surface area contributed by atoms with E-state index in [0.29, 0.717) is 22.5 Å². The Labute approximate surface area is 147 Å². The Morgan fingerprint density at radius 2 is 1.87 bits per heavy atom. The number of amides is 1. The molecule has 0 atom stereocenters. The van der Waals surface area contributed by atoms with Crippen LogP contribution in [-0.4, -0.2) is 10.5 Å². The van der Waals surface area contributed by atoms with Crippen LogP contribution in [0.4, 0.5) is 18.9 Å². The van der Waals surface area contributed by atoms with Crippen LogP contribution >= 0.6 is 34.2 Å². The van der Waals surface area contributed by atoms with E-state index in [9.17, 15) is 22.8 Å². The highest BCUT2D eigenvalue weighted by Gasteiger charge is 2.32. The van der Waals surface area contributed by atoms with Crippen molar-refractivity contribution in [2.75, 3.05) is 5.32 Å². The van der Waals surface area contributed by atoms with E-state index in [-0.39, 0.29) is 0 Å². The number of hydrogen-bond donors (Lipinski definition) is 1. The molecule has 1 aromatic heterocycles. The first-order chi connectivity index (χ1) is 10.7. The third kappa shape index (κ3) is 4.71. The zero-order valence-electron chi connectivity index (χ0n) is 11.3.